The molecule has 1 fully saturated rings. The highest BCUT2D eigenvalue weighted by Crippen LogP contribution is 2.35. The van der Waals surface area contributed by atoms with Crippen molar-refractivity contribution in [2.45, 2.75) is 43.7 Å². The molecule has 5 nitrogen and oxygen atoms in total. The highest BCUT2D eigenvalue weighted by atomic mass is 32.2. The van der Waals surface area contributed by atoms with Crippen molar-refractivity contribution in [2.75, 3.05) is 19.3 Å². The van der Waals surface area contributed by atoms with Gasteiger partial charge in [0, 0.05) is 16.8 Å². The van der Waals surface area contributed by atoms with Gasteiger partial charge in [-0.2, -0.15) is 0 Å². The Morgan fingerprint density at radius 2 is 1.84 bits per heavy atom. The molecule has 1 N–H and O–H groups in total. The van der Waals surface area contributed by atoms with Crippen LogP contribution in [0.3, 0.4) is 0 Å². The largest absolute Gasteiger partial charge is 0.507 e. The van der Waals surface area contributed by atoms with Gasteiger partial charge in [-0.15, -0.1) is 11.8 Å². The molecule has 0 saturated carbocycles. The monoisotopic (exact) mass is 435 g/mol. The summed E-state index contributed by atoms with van der Waals surface area (Å²) in [6.07, 6.45) is 7.21. The van der Waals surface area contributed by atoms with Gasteiger partial charge < -0.3 is 9.67 Å². The number of aromatic nitrogens is 2. The van der Waals surface area contributed by atoms with E-state index in [1.807, 2.05) is 25.1 Å². The summed E-state index contributed by atoms with van der Waals surface area (Å²) in [5, 5.41) is 11.0. The van der Waals surface area contributed by atoms with Crippen LogP contribution in [0.4, 0.5) is 0 Å². The van der Waals surface area contributed by atoms with Crippen LogP contribution in [0.5, 0.6) is 5.75 Å². The standard InChI is InChI=1S/C25H29N3O2S/c1-18-16-22(29)23(25(30)28(18)17-20-8-4-5-13-26-20)24(27-14-6-3-7-15-27)19-9-11-21(31-2)12-10-19/h4-5,8-13,16,24,29H,3,6-7,14-15,17H2,1-2H3/t24-/m0/s1. The molecule has 6 heteroatoms. The van der Waals surface area contributed by atoms with E-state index in [1.54, 1.807) is 28.6 Å². The quantitative estimate of drug-likeness (QED) is 0.574. The number of hydrogen-bond donors (Lipinski definition) is 1. The maximum Gasteiger partial charge on any atom is 0.260 e. The maximum atomic E-state index is 13.7. The Balaban J connectivity index is 1.83. The molecule has 1 atom stereocenters. The molecule has 1 saturated heterocycles. The van der Waals surface area contributed by atoms with E-state index in [0.717, 1.165) is 42.9 Å². The van der Waals surface area contributed by atoms with Crippen molar-refractivity contribution in [2.24, 2.45) is 0 Å². The third kappa shape index (κ3) is 4.70. The Labute approximate surface area is 187 Å². The van der Waals surface area contributed by atoms with Crippen LogP contribution in [-0.4, -0.2) is 38.9 Å². The third-order valence-corrected chi connectivity index (χ3v) is 6.77. The fourth-order valence-corrected chi connectivity index (χ4v) is 4.81. The molecule has 4 rings (SSSR count). The molecule has 0 spiro atoms. The summed E-state index contributed by atoms with van der Waals surface area (Å²) in [7, 11) is 0. The zero-order valence-electron chi connectivity index (χ0n) is 18.1. The molecule has 3 aromatic rings. The molecule has 0 amide bonds. The Kier molecular flexibility index (Phi) is 6.78. The first-order valence-electron chi connectivity index (χ1n) is 10.8. The zero-order chi connectivity index (χ0) is 21.8. The van der Waals surface area contributed by atoms with E-state index in [0.29, 0.717) is 12.1 Å². The van der Waals surface area contributed by atoms with Crippen molar-refractivity contribution in [3.63, 3.8) is 0 Å². The molecule has 0 radical (unpaired) electrons. The molecule has 162 valence electrons. The molecular weight excluding hydrogens is 406 g/mol. The van der Waals surface area contributed by atoms with E-state index < -0.39 is 0 Å². The van der Waals surface area contributed by atoms with Crippen molar-refractivity contribution in [3.05, 3.63) is 87.6 Å². The fraction of sp³-hybridized carbons (Fsp3) is 0.360. The number of rotatable bonds is 6. The van der Waals surface area contributed by atoms with Gasteiger partial charge in [0.1, 0.15) is 5.75 Å². The van der Waals surface area contributed by atoms with Gasteiger partial charge in [-0.25, -0.2) is 0 Å². The van der Waals surface area contributed by atoms with Crippen molar-refractivity contribution >= 4 is 11.8 Å². The van der Waals surface area contributed by atoms with E-state index >= 15 is 0 Å². The molecule has 1 aliphatic heterocycles. The average molecular weight is 436 g/mol. The first-order chi connectivity index (χ1) is 15.1. The summed E-state index contributed by atoms with van der Waals surface area (Å²) in [4.78, 5) is 21.6. The van der Waals surface area contributed by atoms with Crippen molar-refractivity contribution in [3.8, 4) is 5.75 Å². The zero-order valence-corrected chi connectivity index (χ0v) is 18.9. The number of aryl methyl sites for hydroxylation is 1. The summed E-state index contributed by atoms with van der Waals surface area (Å²) in [6, 6.07) is 15.5. The molecule has 0 bridgehead atoms. The molecule has 2 aromatic heterocycles. The fourth-order valence-electron chi connectivity index (χ4n) is 4.40. The van der Waals surface area contributed by atoms with E-state index in [-0.39, 0.29) is 17.4 Å². The van der Waals surface area contributed by atoms with Crippen LogP contribution in [0.25, 0.3) is 0 Å². The predicted octanol–water partition coefficient (Wildman–Crippen LogP) is 4.60. The Bertz CT molecular complexity index is 1070. The lowest BCUT2D eigenvalue weighted by atomic mass is 9.94. The van der Waals surface area contributed by atoms with Gasteiger partial charge in [0.05, 0.1) is 23.8 Å². The number of thioether (sulfide) groups is 1. The van der Waals surface area contributed by atoms with Gasteiger partial charge in [-0.3, -0.25) is 14.7 Å². The second-order valence-corrected chi connectivity index (χ2v) is 8.95. The second kappa shape index (κ2) is 9.71. The number of aromatic hydroxyl groups is 1. The summed E-state index contributed by atoms with van der Waals surface area (Å²) >= 11 is 1.70. The summed E-state index contributed by atoms with van der Waals surface area (Å²) < 4.78 is 1.73. The summed E-state index contributed by atoms with van der Waals surface area (Å²) in [6.45, 7) is 4.08. The van der Waals surface area contributed by atoms with E-state index in [2.05, 4.69) is 40.4 Å². The van der Waals surface area contributed by atoms with Crippen molar-refractivity contribution in [1.29, 1.82) is 0 Å². The molecule has 0 aliphatic carbocycles. The number of hydrogen-bond acceptors (Lipinski definition) is 5. The van der Waals surface area contributed by atoms with Crippen molar-refractivity contribution in [1.82, 2.24) is 14.5 Å². The van der Waals surface area contributed by atoms with Gasteiger partial charge in [0.15, 0.2) is 0 Å². The topological polar surface area (TPSA) is 58.4 Å². The minimum Gasteiger partial charge on any atom is -0.507 e. The lowest BCUT2D eigenvalue weighted by molar-refractivity contribution is 0.183. The van der Waals surface area contributed by atoms with E-state index in [4.69, 9.17) is 0 Å². The first-order valence-corrected chi connectivity index (χ1v) is 12.0. The molecule has 0 unspecified atom stereocenters. The van der Waals surface area contributed by atoms with Gasteiger partial charge in [0.2, 0.25) is 0 Å². The van der Waals surface area contributed by atoms with E-state index in [9.17, 15) is 9.90 Å². The molecular formula is C25H29N3O2S. The average Bonchev–Trinajstić information content (AvgIpc) is 2.81. The SMILES string of the molecule is CSc1ccc([C@@H](c2c(O)cc(C)n(Cc3ccccn3)c2=O)N2CCCCC2)cc1. The van der Waals surface area contributed by atoms with Crippen LogP contribution in [0, 0.1) is 6.92 Å². The Morgan fingerprint density at radius 3 is 2.48 bits per heavy atom. The van der Waals surface area contributed by atoms with Crippen LogP contribution in [-0.2, 0) is 6.54 Å². The Hall–Kier alpha value is -2.57. The van der Waals surface area contributed by atoms with Gasteiger partial charge in [-0.1, -0.05) is 24.6 Å². The first kappa shape index (κ1) is 21.7. The van der Waals surface area contributed by atoms with Crippen LogP contribution < -0.4 is 5.56 Å². The smallest absolute Gasteiger partial charge is 0.260 e. The number of nitrogens with zero attached hydrogens (tertiary/aromatic N) is 3. The Morgan fingerprint density at radius 1 is 1.10 bits per heavy atom. The van der Waals surface area contributed by atoms with Crippen molar-refractivity contribution < 1.29 is 5.11 Å². The molecule has 3 heterocycles. The lowest BCUT2D eigenvalue weighted by Gasteiger charge is -2.35. The highest BCUT2D eigenvalue weighted by Gasteiger charge is 2.30. The third-order valence-electron chi connectivity index (χ3n) is 6.03. The predicted molar refractivity (Wildman–Crippen MR) is 126 cm³/mol. The normalized spacial score (nSPS) is 15.7. The summed E-state index contributed by atoms with van der Waals surface area (Å²) in [5.41, 5.74) is 2.91. The highest BCUT2D eigenvalue weighted by molar-refractivity contribution is 7.98. The summed E-state index contributed by atoms with van der Waals surface area (Å²) in [5.74, 6) is 0.0734. The van der Waals surface area contributed by atoms with Crippen LogP contribution in [0.1, 0.15) is 47.8 Å². The molecule has 1 aliphatic rings. The van der Waals surface area contributed by atoms with Gasteiger partial charge >= 0.3 is 0 Å². The number of likely N-dealkylation sites (tertiary alicyclic amines) is 1. The minimum absolute atomic E-state index is 0.0734. The lowest BCUT2D eigenvalue weighted by Crippen LogP contribution is -2.39. The van der Waals surface area contributed by atoms with Crippen LogP contribution >= 0.6 is 11.8 Å². The second-order valence-electron chi connectivity index (χ2n) is 8.07. The molecule has 31 heavy (non-hydrogen) atoms. The van der Waals surface area contributed by atoms with Gasteiger partial charge in [-0.05, 0) is 75.0 Å². The molecule has 1 aromatic carbocycles. The van der Waals surface area contributed by atoms with E-state index in [1.165, 1.54) is 11.3 Å². The van der Waals surface area contributed by atoms with Gasteiger partial charge in [0.25, 0.3) is 5.56 Å². The van der Waals surface area contributed by atoms with Crippen LogP contribution in [0.2, 0.25) is 0 Å². The number of pyridine rings is 2. The maximum absolute atomic E-state index is 13.7. The number of piperidine rings is 1. The number of benzene rings is 1. The minimum atomic E-state index is -0.265. The van der Waals surface area contributed by atoms with Crippen LogP contribution in [0.15, 0.2) is 64.4 Å².